The molecule has 0 aliphatic carbocycles. The predicted octanol–water partition coefficient (Wildman–Crippen LogP) is 1.39. The molecule has 26 heavy (non-hydrogen) atoms. The third kappa shape index (κ3) is 2.80. The van der Waals surface area contributed by atoms with Gasteiger partial charge in [-0.1, -0.05) is 0 Å². The Bertz CT molecular complexity index is 863. The number of methoxy groups -OCH3 is 1. The number of nitrogens with zero attached hydrogens (tertiary/aromatic N) is 4. The highest BCUT2D eigenvalue weighted by atomic mass is 16.5. The second-order valence-corrected chi connectivity index (χ2v) is 6.94. The number of benzene rings is 1. The topological polar surface area (TPSA) is 89.7 Å². The van der Waals surface area contributed by atoms with E-state index in [1.54, 1.807) is 7.11 Å². The van der Waals surface area contributed by atoms with Crippen molar-refractivity contribution < 1.29 is 19.4 Å². The molecule has 2 aromatic rings. The summed E-state index contributed by atoms with van der Waals surface area (Å²) in [5.41, 5.74) is 2.05. The number of hydrogen-bond acceptors (Lipinski definition) is 6. The minimum absolute atomic E-state index is 0.109. The highest BCUT2D eigenvalue weighted by Gasteiger charge is 2.35. The van der Waals surface area contributed by atoms with E-state index < -0.39 is 12.0 Å². The van der Waals surface area contributed by atoms with E-state index in [2.05, 4.69) is 10.2 Å². The first-order chi connectivity index (χ1) is 12.5. The van der Waals surface area contributed by atoms with E-state index in [-0.39, 0.29) is 6.10 Å². The number of aromatic nitrogens is 3. The molecule has 1 aromatic carbocycles. The SMILES string of the molecule is COc1cc2c(c(CN3Cc4nnc(C)n4CC3C(=O)O)c1)OC(C)C2. The van der Waals surface area contributed by atoms with Crippen molar-refractivity contribution in [3.8, 4) is 11.5 Å². The third-order valence-electron chi connectivity index (χ3n) is 5.09. The van der Waals surface area contributed by atoms with Gasteiger partial charge in [-0.15, -0.1) is 10.2 Å². The highest BCUT2D eigenvalue weighted by molar-refractivity contribution is 5.73. The fraction of sp³-hybridized carbons (Fsp3) is 0.500. The Hall–Kier alpha value is -2.61. The van der Waals surface area contributed by atoms with E-state index in [1.165, 1.54) is 0 Å². The average molecular weight is 358 g/mol. The molecule has 2 aliphatic rings. The molecule has 1 aromatic heterocycles. The minimum atomic E-state index is -0.849. The van der Waals surface area contributed by atoms with Gasteiger partial charge in [-0.3, -0.25) is 9.69 Å². The number of carboxylic acid groups (broad SMARTS) is 1. The van der Waals surface area contributed by atoms with Crippen molar-refractivity contribution in [3.63, 3.8) is 0 Å². The van der Waals surface area contributed by atoms with Crippen LogP contribution >= 0.6 is 0 Å². The normalized spacial score (nSPS) is 21.8. The molecular weight excluding hydrogens is 336 g/mol. The summed E-state index contributed by atoms with van der Waals surface area (Å²) < 4.78 is 13.3. The van der Waals surface area contributed by atoms with E-state index in [1.807, 2.05) is 35.4 Å². The number of carbonyl (C=O) groups is 1. The van der Waals surface area contributed by atoms with Gasteiger partial charge in [0.15, 0.2) is 0 Å². The van der Waals surface area contributed by atoms with E-state index in [0.29, 0.717) is 19.6 Å². The van der Waals surface area contributed by atoms with Crippen LogP contribution in [0.25, 0.3) is 0 Å². The van der Waals surface area contributed by atoms with Gasteiger partial charge in [-0.05, 0) is 26.0 Å². The molecule has 0 fully saturated rings. The number of carboxylic acids is 1. The monoisotopic (exact) mass is 358 g/mol. The van der Waals surface area contributed by atoms with Gasteiger partial charge >= 0.3 is 5.97 Å². The summed E-state index contributed by atoms with van der Waals surface area (Å²) in [7, 11) is 1.64. The number of aryl methyl sites for hydroxylation is 1. The summed E-state index contributed by atoms with van der Waals surface area (Å²) in [6, 6.07) is 3.28. The first kappa shape index (κ1) is 16.8. The molecule has 8 heteroatoms. The van der Waals surface area contributed by atoms with Crippen molar-refractivity contribution in [2.75, 3.05) is 7.11 Å². The maximum Gasteiger partial charge on any atom is 0.322 e. The lowest BCUT2D eigenvalue weighted by atomic mass is 10.0. The summed E-state index contributed by atoms with van der Waals surface area (Å²) in [6.45, 7) is 5.10. The average Bonchev–Trinajstić information content (AvgIpc) is 3.16. The maximum atomic E-state index is 11.9. The van der Waals surface area contributed by atoms with Gasteiger partial charge < -0.3 is 19.1 Å². The van der Waals surface area contributed by atoms with Gasteiger partial charge in [0.1, 0.15) is 35.3 Å². The van der Waals surface area contributed by atoms with Gasteiger partial charge in [-0.2, -0.15) is 0 Å². The Morgan fingerprint density at radius 2 is 2.23 bits per heavy atom. The number of hydrogen-bond donors (Lipinski definition) is 1. The molecule has 0 saturated carbocycles. The second kappa shape index (κ2) is 6.28. The van der Waals surface area contributed by atoms with E-state index in [0.717, 1.165) is 40.7 Å². The van der Waals surface area contributed by atoms with Crippen LogP contribution in [0.2, 0.25) is 0 Å². The van der Waals surface area contributed by atoms with Gasteiger partial charge in [0.05, 0.1) is 20.2 Å². The fourth-order valence-corrected chi connectivity index (χ4v) is 3.79. The molecule has 3 heterocycles. The summed E-state index contributed by atoms with van der Waals surface area (Å²) in [5, 5.41) is 18.0. The molecule has 0 saturated heterocycles. The molecular formula is C18H22N4O4. The molecule has 8 nitrogen and oxygen atoms in total. The smallest absolute Gasteiger partial charge is 0.322 e. The van der Waals surface area contributed by atoms with Crippen LogP contribution in [-0.2, 0) is 30.8 Å². The van der Waals surface area contributed by atoms with E-state index in [4.69, 9.17) is 9.47 Å². The Morgan fingerprint density at radius 1 is 1.42 bits per heavy atom. The van der Waals surface area contributed by atoms with Crippen LogP contribution in [0, 0.1) is 6.92 Å². The Labute approximate surface area is 151 Å². The second-order valence-electron chi connectivity index (χ2n) is 6.94. The lowest BCUT2D eigenvalue weighted by Gasteiger charge is -2.33. The third-order valence-corrected chi connectivity index (χ3v) is 5.09. The zero-order valence-electron chi connectivity index (χ0n) is 15.1. The number of ether oxygens (including phenoxy) is 2. The summed E-state index contributed by atoms with van der Waals surface area (Å²) in [5.74, 6) is 2.29. The Kier molecular flexibility index (Phi) is 4.07. The lowest BCUT2D eigenvalue weighted by Crippen LogP contribution is -2.47. The maximum absolute atomic E-state index is 11.9. The zero-order valence-corrected chi connectivity index (χ0v) is 15.1. The molecule has 0 spiro atoms. The first-order valence-corrected chi connectivity index (χ1v) is 8.68. The van der Waals surface area contributed by atoms with Crippen LogP contribution in [0.5, 0.6) is 11.5 Å². The zero-order chi connectivity index (χ0) is 18.4. The van der Waals surface area contributed by atoms with Gasteiger partial charge in [0, 0.05) is 24.1 Å². The standard InChI is InChI=1S/C18H22N4O4/c1-10-4-12-5-14(25-3)6-13(17(12)26-10)7-21-9-16-20-19-11(2)22(16)8-15(21)18(23)24/h5-6,10,15H,4,7-9H2,1-3H3,(H,23,24). The fourth-order valence-electron chi connectivity index (χ4n) is 3.79. The van der Waals surface area contributed by atoms with Crippen molar-refractivity contribution in [1.82, 2.24) is 19.7 Å². The van der Waals surface area contributed by atoms with Crippen molar-refractivity contribution in [3.05, 3.63) is 34.9 Å². The highest BCUT2D eigenvalue weighted by Crippen LogP contribution is 2.37. The van der Waals surface area contributed by atoms with Crippen molar-refractivity contribution >= 4 is 5.97 Å². The largest absolute Gasteiger partial charge is 0.497 e. The van der Waals surface area contributed by atoms with Crippen LogP contribution in [0.3, 0.4) is 0 Å². The van der Waals surface area contributed by atoms with Crippen LogP contribution in [0.15, 0.2) is 12.1 Å². The summed E-state index contributed by atoms with van der Waals surface area (Å²) in [4.78, 5) is 13.8. The Morgan fingerprint density at radius 3 is 2.96 bits per heavy atom. The van der Waals surface area contributed by atoms with E-state index in [9.17, 15) is 9.90 Å². The number of fused-ring (bicyclic) bond motifs is 2. The lowest BCUT2D eigenvalue weighted by molar-refractivity contribution is -0.145. The summed E-state index contributed by atoms with van der Waals surface area (Å²) >= 11 is 0. The number of rotatable bonds is 4. The number of aliphatic carboxylic acids is 1. The molecule has 0 amide bonds. The molecule has 2 atom stereocenters. The van der Waals surface area contributed by atoms with Gasteiger partial charge in [0.2, 0.25) is 0 Å². The van der Waals surface area contributed by atoms with Crippen LogP contribution < -0.4 is 9.47 Å². The van der Waals surface area contributed by atoms with Crippen LogP contribution in [-0.4, -0.2) is 50.0 Å². The van der Waals surface area contributed by atoms with Crippen molar-refractivity contribution in [2.45, 2.75) is 52.0 Å². The first-order valence-electron chi connectivity index (χ1n) is 8.68. The summed E-state index contributed by atoms with van der Waals surface area (Å²) in [6.07, 6.45) is 0.938. The van der Waals surface area contributed by atoms with Crippen molar-refractivity contribution in [2.24, 2.45) is 0 Å². The van der Waals surface area contributed by atoms with Crippen LogP contribution in [0.4, 0.5) is 0 Å². The minimum Gasteiger partial charge on any atom is -0.497 e. The molecule has 2 aliphatic heterocycles. The molecule has 2 unspecified atom stereocenters. The van der Waals surface area contributed by atoms with Gasteiger partial charge in [-0.25, -0.2) is 0 Å². The van der Waals surface area contributed by atoms with Gasteiger partial charge in [0.25, 0.3) is 0 Å². The predicted molar refractivity (Wildman–Crippen MR) is 92.2 cm³/mol. The molecule has 0 radical (unpaired) electrons. The quantitative estimate of drug-likeness (QED) is 0.883. The molecule has 0 bridgehead atoms. The molecule has 4 rings (SSSR count). The van der Waals surface area contributed by atoms with E-state index >= 15 is 0 Å². The Balaban J connectivity index is 1.68. The molecule has 138 valence electrons. The van der Waals surface area contributed by atoms with Crippen LogP contribution in [0.1, 0.15) is 29.7 Å². The molecule has 1 N–H and O–H groups in total. The van der Waals surface area contributed by atoms with Crippen molar-refractivity contribution in [1.29, 1.82) is 0 Å².